The summed E-state index contributed by atoms with van der Waals surface area (Å²) >= 11 is -2.31. The van der Waals surface area contributed by atoms with Crippen LogP contribution in [0.4, 0.5) is 0 Å². The van der Waals surface area contributed by atoms with E-state index in [9.17, 15) is 0 Å². The summed E-state index contributed by atoms with van der Waals surface area (Å²) in [5.41, 5.74) is 2.69. The van der Waals surface area contributed by atoms with Gasteiger partial charge in [0, 0.05) is 0 Å². The molecule has 0 unspecified atom stereocenters. The molecule has 0 amide bonds. The Morgan fingerprint density at radius 2 is 0.882 bits per heavy atom. The van der Waals surface area contributed by atoms with Crippen LogP contribution < -0.4 is 7.16 Å². The van der Waals surface area contributed by atoms with Crippen molar-refractivity contribution in [1.82, 2.24) is 0 Å². The van der Waals surface area contributed by atoms with Crippen LogP contribution in [0.1, 0.15) is 11.1 Å². The van der Waals surface area contributed by atoms with Gasteiger partial charge in [-0.15, -0.1) is 0 Å². The number of hydrogen-bond acceptors (Lipinski definition) is 0. The van der Waals surface area contributed by atoms with Crippen molar-refractivity contribution < 1.29 is 0 Å². The summed E-state index contributed by atoms with van der Waals surface area (Å²) in [5.74, 6) is 0. The first kappa shape index (κ1) is 12.7. The molecular formula is C16H20Sn. The quantitative estimate of drug-likeness (QED) is 0.742. The first-order valence-electron chi connectivity index (χ1n) is 6.14. The molecule has 0 atom stereocenters. The molecule has 0 spiro atoms. The van der Waals surface area contributed by atoms with Crippen LogP contribution in [0.15, 0.2) is 48.5 Å². The minimum atomic E-state index is -2.31. The minimum absolute atomic E-state index is 1.35. The van der Waals surface area contributed by atoms with E-state index in [1.54, 1.807) is 7.16 Å². The van der Waals surface area contributed by atoms with E-state index in [0.717, 1.165) is 0 Å². The molecule has 0 N–H and O–H groups in total. The molecule has 0 bridgehead atoms. The van der Waals surface area contributed by atoms with Crippen molar-refractivity contribution in [1.29, 1.82) is 0 Å². The molecular weight excluding hydrogens is 311 g/mol. The molecule has 2 aromatic carbocycles. The second kappa shape index (κ2) is 4.85. The Morgan fingerprint density at radius 1 is 0.588 bits per heavy atom. The van der Waals surface area contributed by atoms with Gasteiger partial charge in [-0.05, 0) is 0 Å². The molecule has 17 heavy (non-hydrogen) atoms. The van der Waals surface area contributed by atoms with E-state index < -0.39 is 18.4 Å². The van der Waals surface area contributed by atoms with Gasteiger partial charge in [0.25, 0.3) is 0 Å². The zero-order chi connectivity index (χ0) is 12.5. The van der Waals surface area contributed by atoms with E-state index in [1.807, 2.05) is 0 Å². The predicted molar refractivity (Wildman–Crippen MR) is 79.1 cm³/mol. The van der Waals surface area contributed by atoms with Crippen LogP contribution >= 0.6 is 0 Å². The van der Waals surface area contributed by atoms with Gasteiger partial charge in [-0.25, -0.2) is 0 Å². The molecule has 0 aromatic heterocycles. The van der Waals surface area contributed by atoms with E-state index in [4.69, 9.17) is 0 Å². The number of rotatable bonds is 2. The molecule has 0 heterocycles. The monoisotopic (exact) mass is 332 g/mol. The third-order valence-electron chi connectivity index (χ3n) is 3.55. The van der Waals surface area contributed by atoms with Crippen LogP contribution in [0.2, 0.25) is 9.88 Å². The van der Waals surface area contributed by atoms with E-state index in [1.165, 1.54) is 11.1 Å². The maximum atomic E-state index is 2.49. The van der Waals surface area contributed by atoms with Crippen molar-refractivity contribution in [3.63, 3.8) is 0 Å². The fraction of sp³-hybridized carbons (Fsp3) is 0.250. The summed E-state index contributed by atoms with van der Waals surface area (Å²) in [6.07, 6.45) is 0. The number of benzene rings is 2. The maximum absolute atomic E-state index is 2.49. The van der Waals surface area contributed by atoms with Crippen molar-refractivity contribution in [3.05, 3.63) is 59.7 Å². The van der Waals surface area contributed by atoms with Crippen LogP contribution in [0.3, 0.4) is 0 Å². The third kappa shape index (κ3) is 2.74. The molecule has 2 aromatic rings. The van der Waals surface area contributed by atoms with Crippen LogP contribution in [-0.4, -0.2) is 18.4 Å². The van der Waals surface area contributed by atoms with E-state index >= 15 is 0 Å². The molecule has 0 aliphatic heterocycles. The average Bonchev–Trinajstić information content (AvgIpc) is 2.30. The second-order valence-electron chi connectivity index (χ2n) is 5.36. The molecule has 0 fully saturated rings. The zero-order valence-electron chi connectivity index (χ0n) is 11.1. The van der Waals surface area contributed by atoms with Gasteiger partial charge in [-0.2, -0.15) is 0 Å². The van der Waals surface area contributed by atoms with Gasteiger partial charge in [-0.1, -0.05) is 0 Å². The Labute approximate surface area is 109 Å². The predicted octanol–water partition coefficient (Wildman–Crippen LogP) is 3.13. The van der Waals surface area contributed by atoms with Crippen LogP contribution in [0, 0.1) is 13.8 Å². The van der Waals surface area contributed by atoms with Gasteiger partial charge in [0.1, 0.15) is 0 Å². The Balaban J connectivity index is 2.41. The number of hydrogen-bond donors (Lipinski definition) is 0. The molecule has 0 saturated carbocycles. The van der Waals surface area contributed by atoms with Gasteiger partial charge < -0.3 is 0 Å². The molecule has 88 valence electrons. The summed E-state index contributed by atoms with van der Waals surface area (Å²) in [5, 5.41) is 0. The summed E-state index contributed by atoms with van der Waals surface area (Å²) in [6.45, 7) is 4.30. The molecule has 0 radical (unpaired) electrons. The van der Waals surface area contributed by atoms with Gasteiger partial charge in [0.2, 0.25) is 0 Å². The Hall–Kier alpha value is -0.761. The third-order valence-corrected chi connectivity index (χ3v) is 13.7. The normalized spacial score (nSPS) is 11.5. The van der Waals surface area contributed by atoms with Gasteiger partial charge in [0.05, 0.1) is 0 Å². The summed E-state index contributed by atoms with van der Waals surface area (Å²) in [6, 6.07) is 18.3. The van der Waals surface area contributed by atoms with Gasteiger partial charge in [-0.3, -0.25) is 0 Å². The van der Waals surface area contributed by atoms with Crippen LogP contribution in [0.5, 0.6) is 0 Å². The molecule has 2 rings (SSSR count). The zero-order valence-corrected chi connectivity index (χ0v) is 14.0. The van der Waals surface area contributed by atoms with Crippen molar-refractivity contribution in [2.24, 2.45) is 0 Å². The number of aryl methyl sites for hydroxylation is 2. The molecule has 0 aliphatic rings. The van der Waals surface area contributed by atoms with E-state index in [0.29, 0.717) is 0 Å². The second-order valence-corrected chi connectivity index (χ2v) is 17.9. The van der Waals surface area contributed by atoms with Crippen molar-refractivity contribution >= 4 is 25.5 Å². The fourth-order valence-corrected chi connectivity index (χ4v) is 8.77. The van der Waals surface area contributed by atoms with Gasteiger partial charge in [0.15, 0.2) is 0 Å². The van der Waals surface area contributed by atoms with Crippen LogP contribution in [0.25, 0.3) is 0 Å². The first-order valence-corrected chi connectivity index (χ1v) is 14.7. The SMILES string of the molecule is Cc1cc[c]([Sn]([CH3])([CH3])[c]2ccc(C)cc2)cc1. The Morgan fingerprint density at radius 3 is 1.18 bits per heavy atom. The topological polar surface area (TPSA) is 0 Å². The molecule has 0 aliphatic carbocycles. The Bertz CT molecular complexity index is 445. The van der Waals surface area contributed by atoms with E-state index in [2.05, 4.69) is 72.3 Å². The van der Waals surface area contributed by atoms with E-state index in [-0.39, 0.29) is 0 Å². The summed E-state index contributed by atoms with van der Waals surface area (Å²) < 4.78 is 3.16. The first-order chi connectivity index (χ1) is 8.00. The van der Waals surface area contributed by atoms with Gasteiger partial charge >= 0.3 is 109 Å². The standard InChI is InChI=1S/2C7H7.2CH3.Sn/c2*1-7-5-3-2-4-6-7;;;/h2*3-6H,1H3;2*1H3;. The van der Waals surface area contributed by atoms with Crippen molar-refractivity contribution in [2.75, 3.05) is 0 Å². The average molecular weight is 331 g/mol. The molecule has 0 saturated heterocycles. The molecule has 0 nitrogen and oxygen atoms in total. The summed E-state index contributed by atoms with van der Waals surface area (Å²) in [7, 11) is 0. The van der Waals surface area contributed by atoms with Crippen molar-refractivity contribution in [3.8, 4) is 0 Å². The Kier molecular flexibility index (Phi) is 3.62. The summed E-state index contributed by atoms with van der Waals surface area (Å²) in [4.78, 5) is 4.98. The van der Waals surface area contributed by atoms with Crippen LogP contribution in [-0.2, 0) is 0 Å². The van der Waals surface area contributed by atoms with Crippen molar-refractivity contribution in [2.45, 2.75) is 23.7 Å². The molecule has 1 heteroatoms. The fourth-order valence-electron chi connectivity index (χ4n) is 2.11.